The topological polar surface area (TPSA) is 101 Å². The number of benzene rings is 2. The number of halogens is 3. The van der Waals surface area contributed by atoms with E-state index in [0.717, 1.165) is 5.56 Å². The number of imidazole rings is 1. The molecule has 0 amide bonds. The number of H-pyrrole nitrogens is 1. The van der Waals surface area contributed by atoms with E-state index in [9.17, 15) is 9.18 Å². The van der Waals surface area contributed by atoms with Crippen LogP contribution in [0, 0.1) is 12.7 Å². The van der Waals surface area contributed by atoms with E-state index in [-0.39, 0.29) is 15.9 Å². The van der Waals surface area contributed by atoms with Crippen LogP contribution in [0.5, 0.6) is 0 Å². The Morgan fingerprint density at radius 2 is 1.97 bits per heavy atom. The first-order chi connectivity index (χ1) is 15.8. The molecule has 166 valence electrons. The van der Waals surface area contributed by atoms with E-state index in [0.29, 0.717) is 33.5 Å². The molecule has 3 heterocycles. The molecule has 33 heavy (non-hydrogen) atoms. The van der Waals surface area contributed by atoms with Crippen molar-refractivity contribution in [3.63, 3.8) is 0 Å². The summed E-state index contributed by atoms with van der Waals surface area (Å²) in [6.45, 7) is 3.69. The number of hydrogen-bond acceptors (Lipinski definition) is 6. The lowest BCUT2D eigenvalue weighted by molar-refractivity contribution is 0.629. The number of aromatic nitrogens is 6. The number of nitrogens with zero attached hydrogens (tertiary/aromatic N) is 5. The Morgan fingerprint density at radius 1 is 1.15 bits per heavy atom. The first-order valence-electron chi connectivity index (χ1n) is 9.92. The van der Waals surface area contributed by atoms with Gasteiger partial charge in [-0.25, -0.2) is 24.3 Å². The first kappa shape index (κ1) is 21.3. The highest BCUT2D eigenvalue weighted by Crippen LogP contribution is 2.28. The second-order valence-corrected chi connectivity index (χ2v) is 8.36. The largest absolute Gasteiger partial charge is 0.358 e. The molecule has 0 saturated carbocycles. The molecule has 0 fully saturated rings. The lowest BCUT2D eigenvalue weighted by atomic mass is 10.1. The third kappa shape index (κ3) is 3.69. The molecule has 0 aliphatic rings. The molecule has 3 aromatic heterocycles. The number of fused-ring (bicyclic) bond motifs is 2. The highest BCUT2D eigenvalue weighted by atomic mass is 35.5. The third-order valence-corrected chi connectivity index (χ3v) is 5.79. The zero-order chi connectivity index (χ0) is 23.3. The molecule has 0 aliphatic carbocycles. The average Bonchev–Trinajstić information content (AvgIpc) is 3.25. The van der Waals surface area contributed by atoms with E-state index in [1.807, 2.05) is 13.8 Å². The van der Waals surface area contributed by atoms with Crippen LogP contribution in [0.4, 0.5) is 10.2 Å². The second kappa shape index (κ2) is 8.09. The van der Waals surface area contributed by atoms with Crippen molar-refractivity contribution < 1.29 is 4.39 Å². The number of hydrogen-bond donors (Lipinski definition) is 2. The Labute approximate surface area is 196 Å². The molecule has 11 heteroatoms. The fourth-order valence-electron chi connectivity index (χ4n) is 3.76. The zero-order valence-corrected chi connectivity index (χ0v) is 18.9. The standard InChI is InChI=1S/C22H16Cl2FN7O/c1-10-5-12(23)7-13(6-10)32-21(31-15-4-3-14(25)17(24)16(15)22(32)33)11(2)30-20-18-19(27-8-26-18)28-9-29-20/h3-9,11H,1-2H3,(H2,26,27,28,29,30). The quantitative estimate of drug-likeness (QED) is 0.373. The lowest BCUT2D eigenvalue weighted by Crippen LogP contribution is -2.28. The summed E-state index contributed by atoms with van der Waals surface area (Å²) in [6.07, 6.45) is 2.91. The van der Waals surface area contributed by atoms with Crippen LogP contribution in [0.15, 0.2) is 47.8 Å². The first-order valence-corrected chi connectivity index (χ1v) is 10.7. The van der Waals surface area contributed by atoms with Gasteiger partial charge in [0.15, 0.2) is 11.5 Å². The molecule has 1 unspecified atom stereocenters. The van der Waals surface area contributed by atoms with Gasteiger partial charge in [-0.1, -0.05) is 23.2 Å². The summed E-state index contributed by atoms with van der Waals surface area (Å²) < 4.78 is 15.6. The van der Waals surface area contributed by atoms with Crippen LogP contribution >= 0.6 is 23.2 Å². The third-order valence-electron chi connectivity index (χ3n) is 5.20. The van der Waals surface area contributed by atoms with E-state index in [2.05, 4.69) is 30.2 Å². The number of nitrogens with one attached hydrogen (secondary N) is 2. The summed E-state index contributed by atoms with van der Waals surface area (Å²) in [5.41, 5.74) is 2.21. The fourth-order valence-corrected chi connectivity index (χ4v) is 4.28. The molecule has 0 spiro atoms. The number of rotatable bonds is 4. The van der Waals surface area contributed by atoms with Crippen molar-refractivity contribution >= 4 is 51.1 Å². The van der Waals surface area contributed by atoms with Gasteiger partial charge in [0.2, 0.25) is 0 Å². The minimum absolute atomic E-state index is 0.0109. The van der Waals surface area contributed by atoms with Gasteiger partial charge in [0.25, 0.3) is 5.56 Å². The maximum Gasteiger partial charge on any atom is 0.267 e. The summed E-state index contributed by atoms with van der Waals surface area (Å²) in [5, 5.41) is 3.42. The van der Waals surface area contributed by atoms with Gasteiger partial charge in [0.05, 0.1) is 34.0 Å². The molecular weight excluding hydrogens is 468 g/mol. The van der Waals surface area contributed by atoms with Crippen molar-refractivity contribution in [3.05, 3.63) is 80.6 Å². The van der Waals surface area contributed by atoms with Crippen molar-refractivity contribution in [1.29, 1.82) is 0 Å². The molecule has 0 radical (unpaired) electrons. The van der Waals surface area contributed by atoms with E-state index >= 15 is 0 Å². The molecule has 0 bridgehead atoms. The second-order valence-electron chi connectivity index (χ2n) is 7.54. The summed E-state index contributed by atoms with van der Waals surface area (Å²) >= 11 is 12.4. The predicted molar refractivity (Wildman–Crippen MR) is 126 cm³/mol. The molecular formula is C22H16Cl2FN7O. The van der Waals surface area contributed by atoms with Gasteiger partial charge >= 0.3 is 0 Å². The van der Waals surface area contributed by atoms with Gasteiger partial charge < -0.3 is 10.3 Å². The number of aromatic amines is 1. The average molecular weight is 484 g/mol. The van der Waals surface area contributed by atoms with Crippen LogP contribution in [-0.4, -0.2) is 29.5 Å². The van der Waals surface area contributed by atoms with Crippen LogP contribution in [0.2, 0.25) is 10.0 Å². The Hall–Kier alpha value is -3.56. The Kier molecular flexibility index (Phi) is 5.22. The molecule has 5 rings (SSSR count). The van der Waals surface area contributed by atoms with Gasteiger partial charge in [0.1, 0.15) is 23.5 Å². The van der Waals surface area contributed by atoms with E-state index in [1.54, 1.807) is 18.2 Å². The SMILES string of the molecule is Cc1cc(Cl)cc(-n2c(C(C)Nc3ncnc4nc[nH]c34)nc3ccc(F)c(Cl)c3c2=O)c1. The smallest absolute Gasteiger partial charge is 0.267 e. The van der Waals surface area contributed by atoms with Crippen LogP contribution < -0.4 is 10.9 Å². The van der Waals surface area contributed by atoms with Crippen LogP contribution in [0.3, 0.4) is 0 Å². The van der Waals surface area contributed by atoms with Crippen molar-refractivity contribution in [3.8, 4) is 5.69 Å². The van der Waals surface area contributed by atoms with E-state index < -0.39 is 17.4 Å². The maximum atomic E-state index is 14.2. The normalized spacial score (nSPS) is 12.4. The Bertz CT molecular complexity index is 1580. The summed E-state index contributed by atoms with van der Waals surface area (Å²) in [6, 6.07) is 7.32. The Morgan fingerprint density at radius 3 is 2.76 bits per heavy atom. The minimum atomic E-state index is -0.696. The highest BCUT2D eigenvalue weighted by molar-refractivity contribution is 6.35. The van der Waals surface area contributed by atoms with Gasteiger partial charge in [-0.2, -0.15) is 0 Å². The molecule has 1 atom stereocenters. The Balaban J connectivity index is 1.75. The number of anilines is 1. The summed E-state index contributed by atoms with van der Waals surface area (Å²) in [7, 11) is 0. The van der Waals surface area contributed by atoms with Gasteiger partial charge in [0, 0.05) is 5.02 Å². The summed E-state index contributed by atoms with van der Waals surface area (Å²) in [5.74, 6) is 0.159. The molecule has 2 aromatic carbocycles. The predicted octanol–water partition coefficient (Wildman–Crippen LogP) is 4.98. The van der Waals surface area contributed by atoms with Gasteiger partial charge in [-0.05, 0) is 49.7 Å². The monoisotopic (exact) mass is 483 g/mol. The lowest BCUT2D eigenvalue weighted by Gasteiger charge is -2.21. The minimum Gasteiger partial charge on any atom is -0.358 e. The molecule has 5 aromatic rings. The van der Waals surface area contributed by atoms with Crippen LogP contribution in [-0.2, 0) is 0 Å². The molecule has 8 nitrogen and oxygen atoms in total. The maximum absolute atomic E-state index is 14.2. The van der Waals surface area contributed by atoms with Gasteiger partial charge in [-0.15, -0.1) is 0 Å². The van der Waals surface area contributed by atoms with E-state index in [1.165, 1.54) is 29.4 Å². The molecule has 0 saturated heterocycles. The van der Waals surface area contributed by atoms with Crippen molar-refractivity contribution in [1.82, 2.24) is 29.5 Å². The summed E-state index contributed by atoms with van der Waals surface area (Å²) in [4.78, 5) is 33.8. The number of aryl methyl sites for hydroxylation is 1. The van der Waals surface area contributed by atoms with Crippen molar-refractivity contribution in [2.75, 3.05) is 5.32 Å². The van der Waals surface area contributed by atoms with Crippen LogP contribution in [0.1, 0.15) is 24.4 Å². The van der Waals surface area contributed by atoms with Crippen molar-refractivity contribution in [2.24, 2.45) is 0 Å². The highest BCUT2D eigenvalue weighted by Gasteiger charge is 2.22. The fraction of sp³-hybridized carbons (Fsp3) is 0.136. The van der Waals surface area contributed by atoms with Gasteiger partial charge in [-0.3, -0.25) is 9.36 Å². The zero-order valence-electron chi connectivity index (χ0n) is 17.4. The molecule has 0 aliphatic heterocycles. The van der Waals surface area contributed by atoms with E-state index in [4.69, 9.17) is 23.2 Å². The van der Waals surface area contributed by atoms with Crippen LogP contribution in [0.25, 0.3) is 27.8 Å². The molecule has 2 N–H and O–H groups in total. The van der Waals surface area contributed by atoms with Crippen molar-refractivity contribution in [2.45, 2.75) is 19.9 Å².